The summed E-state index contributed by atoms with van der Waals surface area (Å²) in [5.41, 5.74) is 3.59. The number of aliphatic hydroxyl groups is 1. The summed E-state index contributed by atoms with van der Waals surface area (Å²) >= 11 is 0. The lowest BCUT2D eigenvalue weighted by Gasteiger charge is -2.34. The van der Waals surface area contributed by atoms with Crippen LogP contribution in [0.5, 0.6) is 0 Å². The van der Waals surface area contributed by atoms with Gasteiger partial charge in [-0.05, 0) is 38.6 Å². The number of benzene rings is 1. The van der Waals surface area contributed by atoms with Crippen molar-refractivity contribution in [2.45, 2.75) is 19.4 Å². The fourth-order valence-corrected chi connectivity index (χ4v) is 4.86. The molecule has 8 heteroatoms. The van der Waals surface area contributed by atoms with Crippen molar-refractivity contribution in [2.75, 3.05) is 56.1 Å². The van der Waals surface area contributed by atoms with Crippen molar-refractivity contribution in [2.24, 2.45) is 13.0 Å². The molecule has 2 aliphatic heterocycles. The van der Waals surface area contributed by atoms with Crippen molar-refractivity contribution in [1.82, 2.24) is 19.4 Å². The molecule has 1 aromatic carbocycles. The number of piperazine rings is 1. The van der Waals surface area contributed by atoms with E-state index in [1.807, 2.05) is 13.0 Å². The molecule has 33 heavy (non-hydrogen) atoms. The molecule has 0 unspecified atom stereocenters. The Kier molecular flexibility index (Phi) is 5.80. The minimum Gasteiger partial charge on any atom is -0.393 e. The predicted molar refractivity (Wildman–Crippen MR) is 132 cm³/mol. The monoisotopic (exact) mass is 448 g/mol. The number of rotatable bonds is 4. The second-order valence-corrected chi connectivity index (χ2v) is 9.46. The molecule has 0 bridgehead atoms. The standard InChI is InChI=1S/C25H32N6O2/c1-17(32)19-8-9-31(15-19)24-23-22(26-16-29(3)25(23)33)14-21(27-24)18-4-6-20(7-5-18)30-12-10-28(2)11-13-30/h4-7,14,16-17,19,32H,8-13,15H2,1-3H3/t17-,19+/m0/s1. The van der Waals surface area contributed by atoms with Crippen LogP contribution in [0.2, 0.25) is 0 Å². The zero-order chi connectivity index (χ0) is 23.1. The Hall–Kier alpha value is -2.97. The largest absolute Gasteiger partial charge is 0.393 e. The van der Waals surface area contributed by atoms with E-state index >= 15 is 0 Å². The van der Waals surface area contributed by atoms with Gasteiger partial charge in [-0.2, -0.15) is 0 Å². The van der Waals surface area contributed by atoms with Gasteiger partial charge < -0.3 is 24.4 Å². The van der Waals surface area contributed by atoms with E-state index in [0.29, 0.717) is 23.3 Å². The Morgan fingerprint density at radius 2 is 1.76 bits per heavy atom. The molecule has 174 valence electrons. The van der Waals surface area contributed by atoms with Crippen molar-refractivity contribution >= 4 is 22.4 Å². The van der Waals surface area contributed by atoms with Crippen LogP contribution in [0.15, 0.2) is 41.5 Å². The Bertz CT molecular complexity index is 1200. The van der Waals surface area contributed by atoms with E-state index in [1.165, 1.54) is 10.3 Å². The molecule has 2 aromatic heterocycles. The number of aliphatic hydroxyl groups excluding tert-OH is 1. The van der Waals surface area contributed by atoms with E-state index in [4.69, 9.17) is 4.98 Å². The van der Waals surface area contributed by atoms with Crippen LogP contribution in [0.3, 0.4) is 0 Å². The highest BCUT2D eigenvalue weighted by atomic mass is 16.3. The van der Waals surface area contributed by atoms with Crippen molar-refractivity contribution in [3.8, 4) is 11.3 Å². The first-order chi connectivity index (χ1) is 15.9. The Morgan fingerprint density at radius 3 is 2.42 bits per heavy atom. The molecule has 2 fully saturated rings. The van der Waals surface area contributed by atoms with Crippen molar-refractivity contribution in [1.29, 1.82) is 0 Å². The zero-order valence-corrected chi connectivity index (χ0v) is 19.6. The van der Waals surface area contributed by atoms with Gasteiger partial charge in [0.05, 0.1) is 23.6 Å². The van der Waals surface area contributed by atoms with Crippen LogP contribution >= 0.6 is 0 Å². The Balaban J connectivity index is 1.53. The SMILES string of the molecule is C[C@H](O)[C@@H]1CCN(c2nc(-c3ccc(N4CCN(C)CC4)cc3)cc3ncn(C)c(=O)c23)C1. The first-order valence-electron chi connectivity index (χ1n) is 11.7. The van der Waals surface area contributed by atoms with Crippen LogP contribution < -0.4 is 15.4 Å². The van der Waals surface area contributed by atoms with Crippen molar-refractivity contribution < 1.29 is 5.11 Å². The summed E-state index contributed by atoms with van der Waals surface area (Å²) in [4.78, 5) is 29.4. The van der Waals surface area contributed by atoms with E-state index in [1.54, 1.807) is 13.4 Å². The Labute approximate surface area is 194 Å². The molecule has 1 N–H and O–H groups in total. The molecule has 0 aliphatic carbocycles. The van der Waals surface area contributed by atoms with Crippen LogP contribution in [0, 0.1) is 5.92 Å². The van der Waals surface area contributed by atoms with Gasteiger partial charge in [0, 0.05) is 63.5 Å². The van der Waals surface area contributed by atoms with Gasteiger partial charge in [0.15, 0.2) is 0 Å². The van der Waals surface area contributed by atoms with E-state index in [2.05, 4.69) is 51.0 Å². The fraction of sp³-hybridized carbons (Fsp3) is 0.480. The van der Waals surface area contributed by atoms with Crippen molar-refractivity contribution in [3.63, 3.8) is 0 Å². The second kappa shape index (κ2) is 8.76. The minimum atomic E-state index is -0.382. The van der Waals surface area contributed by atoms with Gasteiger partial charge in [-0.1, -0.05) is 12.1 Å². The molecule has 8 nitrogen and oxygen atoms in total. The summed E-state index contributed by atoms with van der Waals surface area (Å²) in [6, 6.07) is 10.4. The third kappa shape index (κ3) is 4.20. The predicted octanol–water partition coefficient (Wildman–Crippen LogP) is 1.95. The molecule has 0 radical (unpaired) electrons. The average Bonchev–Trinajstić information content (AvgIpc) is 3.32. The van der Waals surface area contributed by atoms with Gasteiger partial charge in [-0.3, -0.25) is 4.79 Å². The number of likely N-dealkylation sites (N-methyl/N-ethyl adjacent to an activating group) is 1. The number of aromatic nitrogens is 3. The lowest BCUT2D eigenvalue weighted by molar-refractivity contribution is 0.136. The number of fused-ring (bicyclic) bond motifs is 1. The zero-order valence-electron chi connectivity index (χ0n) is 19.6. The normalized spacial score (nSPS) is 20.5. The first kappa shape index (κ1) is 21.9. The highest BCUT2D eigenvalue weighted by Gasteiger charge is 2.29. The maximum atomic E-state index is 13.0. The highest BCUT2D eigenvalue weighted by molar-refractivity contribution is 5.92. The minimum absolute atomic E-state index is 0.0973. The molecule has 3 aromatic rings. The second-order valence-electron chi connectivity index (χ2n) is 9.46. The summed E-state index contributed by atoms with van der Waals surface area (Å²) in [5, 5.41) is 10.6. The van der Waals surface area contributed by atoms with Gasteiger partial charge in [0.1, 0.15) is 11.2 Å². The molecule has 0 spiro atoms. The maximum absolute atomic E-state index is 13.0. The molecule has 2 aliphatic rings. The number of aryl methyl sites for hydroxylation is 1. The molecular weight excluding hydrogens is 416 g/mol. The van der Waals surface area contributed by atoms with Gasteiger partial charge >= 0.3 is 0 Å². The van der Waals surface area contributed by atoms with E-state index in [0.717, 1.165) is 50.4 Å². The molecule has 2 atom stereocenters. The highest BCUT2D eigenvalue weighted by Crippen LogP contribution is 2.32. The number of pyridine rings is 1. The average molecular weight is 449 g/mol. The number of anilines is 2. The maximum Gasteiger partial charge on any atom is 0.264 e. The van der Waals surface area contributed by atoms with E-state index in [-0.39, 0.29) is 17.6 Å². The van der Waals surface area contributed by atoms with Crippen LogP contribution in [0.25, 0.3) is 22.2 Å². The third-order valence-electron chi connectivity index (χ3n) is 7.12. The number of nitrogens with zero attached hydrogens (tertiary/aromatic N) is 6. The van der Waals surface area contributed by atoms with Crippen LogP contribution in [0.1, 0.15) is 13.3 Å². The van der Waals surface area contributed by atoms with Crippen LogP contribution in [-0.2, 0) is 7.05 Å². The molecule has 2 saturated heterocycles. The summed E-state index contributed by atoms with van der Waals surface area (Å²) in [7, 11) is 3.88. The topological polar surface area (TPSA) is 77.7 Å². The molecule has 0 amide bonds. The summed E-state index contributed by atoms with van der Waals surface area (Å²) in [6.45, 7) is 7.48. The first-order valence-corrected chi connectivity index (χ1v) is 11.7. The lowest BCUT2D eigenvalue weighted by atomic mass is 10.0. The lowest BCUT2D eigenvalue weighted by Crippen LogP contribution is -2.44. The molecule has 0 saturated carbocycles. The fourth-order valence-electron chi connectivity index (χ4n) is 4.86. The van der Waals surface area contributed by atoms with Gasteiger partial charge in [-0.15, -0.1) is 0 Å². The smallest absolute Gasteiger partial charge is 0.264 e. The van der Waals surface area contributed by atoms with E-state index < -0.39 is 0 Å². The van der Waals surface area contributed by atoms with Crippen molar-refractivity contribution in [3.05, 3.63) is 47.0 Å². The molecular formula is C25H32N6O2. The Morgan fingerprint density at radius 1 is 1.03 bits per heavy atom. The third-order valence-corrected chi connectivity index (χ3v) is 7.12. The summed E-state index contributed by atoms with van der Waals surface area (Å²) < 4.78 is 1.50. The van der Waals surface area contributed by atoms with Crippen LogP contribution in [0.4, 0.5) is 11.5 Å². The molecule has 4 heterocycles. The molecule has 5 rings (SSSR count). The van der Waals surface area contributed by atoms with Crippen LogP contribution in [-0.4, -0.2) is 77.0 Å². The summed E-state index contributed by atoms with van der Waals surface area (Å²) in [5.74, 6) is 0.844. The summed E-state index contributed by atoms with van der Waals surface area (Å²) in [6.07, 6.45) is 2.07. The van der Waals surface area contributed by atoms with Gasteiger partial charge in [0.2, 0.25) is 0 Å². The quantitative estimate of drug-likeness (QED) is 0.654. The number of hydrogen-bond donors (Lipinski definition) is 1. The van der Waals surface area contributed by atoms with Gasteiger partial charge in [-0.25, -0.2) is 9.97 Å². The van der Waals surface area contributed by atoms with E-state index in [9.17, 15) is 9.90 Å². The van der Waals surface area contributed by atoms with Gasteiger partial charge in [0.25, 0.3) is 5.56 Å². The number of hydrogen-bond acceptors (Lipinski definition) is 7.